The number of hydrogen-bond acceptors (Lipinski definition) is 4. The summed E-state index contributed by atoms with van der Waals surface area (Å²) >= 11 is 1.10. The predicted octanol–water partition coefficient (Wildman–Crippen LogP) is 2.42. The molecule has 0 amide bonds. The number of aryl methyl sites for hydroxylation is 2. The van der Waals surface area contributed by atoms with Crippen molar-refractivity contribution in [1.82, 2.24) is 4.57 Å². The average molecular weight is 277 g/mol. The Hall–Kier alpha value is -1.88. The minimum atomic E-state index is -0.125. The quantitative estimate of drug-likeness (QED) is 0.806. The maximum absolute atomic E-state index is 12.3. The molecule has 5 heteroatoms. The fraction of sp³-hybridized carbons (Fsp3) is 0.286. The molecule has 0 bridgehead atoms. The summed E-state index contributed by atoms with van der Waals surface area (Å²) in [4.78, 5) is 23.8. The van der Waals surface area contributed by atoms with Crippen LogP contribution in [-0.4, -0.2) is 17.5 Å². The Bertz CT molecular complexity index is 670. The zero-order valence-electron chi connectivity index (χ0n) is 11.1. The van der Waals surface area contributed by atoms with Crippen LogP contribution in [-0.2, 0) is 6.54 Å². The lowest BCUT2D eigenvalue weighted by Gasteiger charge is -2.09. The number of ketones is 1. The molecule has 0 fully saturated rings. The normalized spacial score (nSPS) is 10.5. The number of carbonyl (C=O) groups is 1. The van der Waals surface area contributed by atoms with Crippen LogP contribution in [0.25, 0.3) is 0 Å². The Labute approximate surface area is 115 Å². The largest absolute Gasteiger partial charge is 0.496 e. The molecular formula is C14H15NO3S. The number of Topliss-reactive ketones (excluding diaryl/α,β-unsaturated/α-hetero) is 1. The van der Waals surface area contributed by atoms with Crippen LogP contribution in [0.3, 0.4) is 0 Å². The Balaban J connectivity index is 2.33. The third-order valence-electron chi connectivity index (χ3n) is 2.94. The summed E-state index contributed by atoms with van der Waals surface area (Å²) in [5.41, 5.74) is 2.33. The van der Waals surface area contributed by atoms with Crippen molar-refractivity contribution in [1.29, 1.82) is 0 Å². The van der Waals surface area contributed by atoms with Gasteiger partial charge in [-0.1, -0.05) is 17.4 Å². The number of hydrogen-bond donors (Lipinski definition) is 0. The van der Waals surface area contributed by atoms with Crippen molar-refractivity contribution in [2.24, 2.45) is 0 Å². The fourth-order valence-electron chi connectivity index (χ4n) is 1.85. The molecule has 0 unspecified atom stereocenters. The van der Waals surface area contributed by atoms with E-state index in [9.17, 15) is 9.59 Å². The molecule has 1 aromatic carbocycles. The number of ether oxygens (including phenoxy) is 1. The van der Waals surface area contributed by atoms with E-state index in [-0.39, 0.29) is 17.2 Å². The van der Waals surface area contributed by atoms with Crippen LogP contribution >= 0.6 is 11.3 Å². The Morgan fingerprint density at radius 2 is 2.11 bits per heavy atom. The van der Waals surface area contributed by atoms with Gasteiger partial charge < -0.3 is 4.74 Å². The summed E-state index contributed by atoms with van der Waals surface area (Å²) in [5, 5.41) is 1.75. The molecule has 0 saturated heterocycles. The first kappa shape index (κ1) is 13.5. The molecule has 0 radical (unpaired) electrons. The van der Waals surface area contributed by atoms with Gasteiger partial charge in [0.1, 0.15) is 5.75 Å². The van der Waals surface area contributed by atoms with E-state index in [1.54, 1.807) is 11.4 Å². The number of benzene rings is 1. The molecule has 0 aliphatic rings. The lowest BCUT2D eigenvalue weighted by Crippen LogP contribution is -2.21. The minimum Gasteiger partial charge on any atom is -0.496 e. The van der Waals surface area contributed by atoms with Crippen LogP contribution in [0.2, 0.25) is 0 Å². The molecule has 0 aliphatic heterocycles. The molecule has 2 rings (SSSR count). The van der Waals surface area contributed by atoms with Crippen LogP contribution in [0.5, 0.6) is 5.75 Å². The molecule has 0 aliphatic carbocycles. The first-order chi connectivity index (χ1) is 9.02. The molecule has 0 atom stereocenters. The van der Waals surface area contributed by atoms with Gasteiger partial charge in [-0.25, -0.2) is 0 Å². The van der Waals surface area contributed by atoms with E-state index in [1.165, 1.54) is 11.7 Å². The van der Waals surface area contributed by atoms with Crippen LogP contribution in [0, 0.1) is 13.8 Å². The zero-order valence-corrected chi connectivity index (χ0v) is 11.9. The highest BCUT2D eigenvalue weighted by atomic mass is 32.1. The third-order valence-corrected chi connectivity index (χ3v) is 3.82. The van der Waals surface area contributed by atoms with Gasteiger partial charge in [-0.15, -0.1) is 0 Å². The minimum absolute atomic E-state index is 0.0492. The highest BCUT2D eigenvalue weighted by Gasteiger charge is 2.15. The summed E-state index contributed by atoms with van der Waals surface area (Å²) in [6.45, 7) is 3.80. The van der Waals surface area contributed by atoms with E-state index in [0.29, 0.717) is 11.3 Å². The second-order valence-corrected chi connectivity index (χ2v) is 5.18. The number of rotatable bonds is 4. The molecule has 1 aromatic heterocycles. The van der Waals surface area contributed by atoms with E-state index >= 15 is 0 Å². The van der Waals surface area contributed by atoms with Crippen LogP contribution < -0.4 is 9.61 Å². The lowest BCUT2D eigenvalue weighted by molar-refractivity contribution is 0.0967. The van der Waals surface area contributed by atoms with Crippen LogP contribution in [0.4, 0.5) is 0 Å². The molecule has 0 saturated carbocycles. The Morgan fingerprint density at radius 1 is 1.37 bits per heavy atom. The average Bonchev–Trinajstić information content (AvgIpc) is 2.70. The monoisotopic (exact) mass is 277 g/mol. The summed E-state index contributed by atoms with van der Waals surface area (Å²) < 4.78 is 6.70. The summed E-state index contributed by atoms with van der Waals surface area (Å²) in [7, 11) is 1.54. The predicted molar refractivity (Wildman–Crippen MR) is 75.4 cm³/mol. The number of thiazole rings is 1. The molecule has 19 heavy (non-hydrogen) atoms. The standard InChI is InChI=1S/C14H15NO3S/c1-9-4-5-11(13(6-9)18-3)12(16)7-15-10(2)8-19-14(15)17/h4-6,8H,7H2,1-3H3. The van der Waals surface area contributed by atoms with Crippen molar-refractivity contribution in [3.63, 3.8) is 0 Å². The molecule has 100 valence electrons. The van der Waals surface area contributed by atoms with Crippen molar-refractivity contribution in [3.8, 4) is 5.75 Å². The van der Waals surface area contributed by atoms with E-state index in [1.807, 2.05) is 26.0 Å². The van der Waals surface area contributed by atoms with E-state index < -0.39 is 0 Å². The van der Waals surface area contributed by atoms with Crippen molar-refractivity contribution in [2.75, 3.05) is 7.11 Å². The topological polar surface area (TPSA) is 48.3 Å². The van der Waals surface area contributed by atoms with Crippen LogP contribution in [0.1, 0.15) is 21.6 Å². The van der Waals surface area contributed by atoms with E-state index in [2.05, 4.69) is 0 Å². The summed E-state index contributed by atoms with van der Waals surface area (Å²) in [5.74, 6) is 0.423. The fourth-order valence-corrected chi connectivity index (χ4v) is 2.59. The molecule has 1 heterocycles. The first-order valence-electron chi connectivity index (χ1n) is 5.85. The van der Waals surface area contributed by atoms with Gasteiger partial charge in [0.2, 0.25) is 0 Å². The second kappa shape index (κ2) is 5.40. The lowest BCUT2D eigenvalue weighted by atomic mass is 10.1. The van der Waals surface area contributed by atoms with Crippen molar-refractivity contribution < 1.29 is 9.53 Å². The van der Waals surface area contributed by atoms with Crippen molar-refractivity contribution in [2.45, 2.75) is 20.4 Å². The SMILES string of the molecule is COc1cc(C)ccc1C(=O)Cn1c(C)csc1=O. The molecule has 2 aromatic rings. The molecule has 4 nitrogen and oxygen atoms in total. The number of nitrogens with zero attached hydrogens (tertiary/aromatic N) is 1. The van der Waals surface area contributed by atoms with Gasteiger partial charge in [-0.05, 0) is 31.5 Å². The maximum Gasteiger partial charge on any atom is 0.307 e. The van der Waals surface area contributed by atoms with Gasteiger partial charge in [0, 0.05) is 11.1 Å². The van der Waals surface area contributed by atoms with Gasteiger partial charge in [0.05, 0.1) is 19.2 Å². The number of aromatic nitrogens is 1. The Kier molecular flexibility index (Phi) is 3.85. The molecular weight excluding hydrogens is 262 g/mol. The van der Waals surface area contributed by atoms with Gasteiger partial charge in [-0.2, -0.15) is 0 Å². The summed E-state index contributed by atoms with van der Waals surface area (Å²) in [6, 6.07) is 5.42. The van der Waals surface area contributed by atoms with E-state index in [0.717, 1.165) is 22.6 Å². The highest BCUT2D eigenvalue weighted by molar-refractivity contribution is 7.07. The smallest absolute Gasteiger partial charge is 0.307 e. The highest BCUT2D eigenvalue weighted by Crippen LogP contribution is 2.21. The van der Waals surface area contributed by atoms with E-state index in [4.69, 9.17) is 4.74 Å². The first-order valence-corrected chi connectivity index (χ1v) is 6.73. The van der Waals surface area contributed by atoms with Gasteiger partial charge >= 0.3 is 4.87 Å². The van der Waals surface area contributed by atoms with Crippen LogP contribution in [0.15, 0.2) is 28.4 Å². The van der Waals surface area contributed by atoms with Gasteiger partial charge in [0.15, 0.2) is 5.78 Å². The third kappa shape index (κ3) is 2.76. The zero-order chi connectivity index (χ0) is 14.0. The van der Waals surface area contributed by atoms with Crippen molar-refractivity contribution in [3.05, 3.63) is 50.1 Å². The molecule has 0 spiro atoms. The number of methoxy groups -OCH3 is 1. The van der Waals surface area contributed by atoms with Gasteiger partial charge in [0.25, 0.3) is 0 Å². The Morgan fingerprint density at radius 3 is 2.68 bits per heavy atom. The summed E-state index contributed by atoms with van der Waals surface area (Å²) in [6.07, 6.45) is 0. The number of carbonyl (C=O) groups excluding carboxylic acids is 1. The molecule has 0 N–H and O–H groups in total. The van der Waals surface area contributed by atoms with Gasteiger partial charge in [-0.3, -0.25) is 14.2 Å². The second-order valence-electron chi connectivity index (χ2n) is 4.36. The van der Waals surface area contributed by atoms with Crippen molar-refractivity contribution >= 4 is 17.1 Å². The maximum atomic E-state index is 12.3.